The van der Waals surface area contributed by atoms with E-state index in [0.717, 1.165) is 26.0 Å². The smallest absolute Gasteiger partial charge is 0.267 e. The Morgan fingerprint density at radius 1 is 1.09 bits per heavy atom. The summed E-state index contributed by atoms with van der Waals surface area (Å²) >= 11 is 4.93. The minimum Gasteiger partial charge on any atom is -0.267 e. The van der Waals surface area contributed by atoms with Crippen LogP contribution < -0.4 is 10.1 Å². The van der Waals surface area contributed by atoms with Gasteiger partial charge in [0.15, 0.2) is 4.96 Å². The lowest BCUT2D eigenvalue weighted by atomic mass is 10.2. The molecule has 0 bridgehead atoms. The van der Waals surface area contributed by atoms with Gasteiger partial charge in [-0.3, -0.25) is 4.79 Å². The van der Waals surface area contributed by atoms with E-state index in [9.17, 15) is 4.79 Å². The zero-order chi connectivity index (χ0) is 15.8. The van der Waals surface area contributed by atoms with Gasteiger partial charge in [0.05, 0.1) is 15.6 Å². The minimum absolute atomic E-state index is 0.0305. The Morgan fingerprint density at radius 3 is 2.65 bits per heavy atom. The van der Waals surface area contributed by atoms with Gasteiger partial charge in [-0.15, -0.1) is 0 Å². The lowest BCUT2D eigenvalue weighted by Crippen LogP contribution is -2.22. The van der Waals surface area contributed by atoms with E-state index in [4.69, 9.17) is 0 Å². The molecule has 2 aromatic carbocycles. The second-order valence-electron chi connectivity index (χ2n) is 5.07. The predicted octanol–water partition coefficient (Wildman–Crippen LogP) is 3.84. The second kappa shape index (κ2) is 5.76. The van der Waals surface area contributed by atoms with Crippen molar-refractivity contribution in [1.29, 1.82) is 0 Å². The molecule has 0 fully saturated rings. The second-order valence-corrected chi connectivity index (χ2v) is 7.00. The first-order valence-corrected chi connectivity index (χ1v) is 8.67. The summed E-state index contributed by atoms with van der Waals surface area (Å²) in [6, 6.07) is 17.7. The molecule has 0 atom stereocenters. The fraction of sp³-hybridized carbons (Fsp3) is 0. The van der Waals surface area contributed by atoms with E-state index in [-0.39, 0.29) is 5.56 Å². The predicted molar refractivity (Wildman–Crippen MR) is 99.9 cm³/mol. The van der Waals surface area contributed by atoms with Gasteiger partial charge in [0.2, 0.25) is 0 Å². The largest absolute Gasteiger partial charge is 0.274 e. The normalized spacial score (nSPS) is 13.3. The highest BCUT2D eigenvalue weighted by Crippen LogP contribution is 2.17. The molecule has 5 heteroatoms. The maximum atomic E-state index is 12.6. The average molecular weight is 383 g/mol. The standard InChI is InChI=1S/C18H11BrN2OS/c19-13(10-12-6-2-1-3-7-12)11-16-17(22)21-15-9-5-4-8-14(15)20-18(21)23-16/h1-11H/b13-10-,16-11-. The highest BCUT2D eigenvalue weighted by Gasteiger charge is 2.10. The van der Waals surface area contributed by atoms with Crippen LogP contribution in [0.4, 0.5) is 0 Å². The van der Waals surface area contributed by atoms with Crippen molar-refractivity contribution in [2.45, 2.75) is 0 Å². The van der Waals surface area contributed by atoms with E-state index >= 15 is 0 Å². The highest BCUT2D eigenvalue weighted by atomic mass is 79.9. The molecule has 0 saturated carbocycles. The van der Waals surface area contributed by atoms with Crippen LogP contribution in [0.2, 0.25) is 0 Å². The maximum absolute atomic E-state index is 12.6. The molecule has 0 unspecified atom stereocenters. The Kier molecular flexibility index (Phi) is 3.59. The summed E-state index contributed by atoms with van der Waals surface area (Å²) in [6.45, 7) is 0. The number of rotatable bonds is 2. The molecule has 0 radical (unpaired) electrons. The van der Waals surface area contributed by atoms with Gasteiger partial charge in [0, 0.05) is 4.48 Å². The summed E-state index contributed by atoms with van der Waals surface area (Å²) in [5, 5.41) is 0. The first-order chi connectivity index (χ1) is 11.2. The van der Waals surface area contributed by atoms with Crippen LogP contribution >= 0.6 is 27.3 Å². The molecule has 0 aliphatic carbocycles. The lowest BCUT2D eigenvalue weighted by molar-refractivity contribution is 1.19. The van der Waals surface area contributed by atoms with E-state index in [0.29, 0.717) is 4.53 Å². The monoisotopic (exact) mass is 382 g/mol. The number of benzene rings is 2. The number of thiazole rings is 1. The third kappa shape index (κ3) is 2.62. The topological polar surface area (TPSA) is 34.4 Å². The quantitative estimate of drug-likeness (QED) is 0.527. The Hall–Kier alpha value is -2.24. The SMILES string of the molecule is O=c1/c(=C/C(Br)=C/c2ccccc2)sc2nc3ccccc3n12. The average Bonchev–Trinajstić information content (AvgIpc) is 3.05. The van der Waals surface area contributed by atoms with Gasteiger partial charge in [-0.05, 0) is 29.8 Å². The number of hydrogen-bond donors (Lipinski definition) is 0. The van der Waals surface area contributed by atoms with Crippen molar-refractivity contribution in [3.63, 3.8) is 0 Å². The number of allylic oxidation sites excluding steroid dienone is 1. The van der Waals surface area contributed by atoms with Crippen molar-refractivity contribution in [1.82, 2.24) is 9.38 Å². The van der Waals surface area contributed by atoms with E-state index < -0.39 is 0 Å². The van der Waals surface area contributed by atoms with Crippen molar-refractivity contribution in [3.05, 3.63) is 79.5 Å². The van der Waals surface area contributed by atoms with Crippen molar-refractivity contribution in [2.75, 3.05) is 0 Å². The first kappa shape index (κ1) is 14.4. The van der Waals surface area contributed by atoms with Gasteiger partial charge in [0.25, 0.3) is 5.56 Å². The Bertz CT molecular complexity index is 1140. The highest BCUT2D eigenvalue weighted by molar-refractivity contribution is 9.12. The zero-order valence-electron chi connectivity index (χ0n) is 11.9. The molecular weight excluding hydrogens is 372 g/mol. The third-order valence-electron chi connectivity index (χ3n) is 3.52. The van der Waals surface area contributed by atoms with Crippen molar-refractivity contribution in [3.8, 4) is 0 Å². The van der Waals surface area contributed by atoms with Crippen molar-refractivity contribution in [2.24, 2.45) is 0 Å². The molecular formula is C18H11BrN2OS. The Balaban J connectivity index is 1.87. The lowest BCUT2D eigenvalue weighted by Gasteiger charge is -1.92. The molecule has 4 rings (SSSR count). The number of hydrogen-bond acceptors (Lipinski definition) is 3. The molecule has 2 heterocycles. The number of para-hydroxylation sites is 2. The minimum atomic E-state index is -0.0305. The summed E-state index contributed by atoms with van der Waals surface area (Å²) in [5.41, 5.74) is 2.75. The summed E-state index contributed by atoms with van der Waals surface area (Å²) in [7, 11) is 0. The van der Waals surface area contributed by atoms with Crippen LogP contribution in [0.1, 0.15) is 5.56 Å². The van der Waals surface area contributed by atoms with Crippen LogP contribution in [0.5, 0.6) is 0 Å². The van der Waals surface area contributed by atoms with Crippen LogP contribution in [0.3, 0.4) is 0 Å². The molecule has 0 amide bonds. The van der Waals surface area contributed by atoms with Crippen molar-refractivity contribution >= 4 is 55.4 Å². The number of aromatic nitrogens is 2. The molecule has 23 heavy (non-hydrogen) atoms. The summed E-state index contributed by atoms with van der Waals surface area (Å²) in [4.78, 5) is 17.9. The van der Waals surface area contributed by atoms with Crippen LogP contribution in [0.25, 0.3) is 28.1 Å². The molecule has 0 N–H and O–H groups in total. The summed E-state index contributed by atoms with van der Waals surface area (Å²) in [5.74, 6) is 0. The first-order valence-electron chi connectivity index (χ1n) is 7.06. The fourth-order valence-corrected chi connectivity index (χ4v) is 4.11. The molecule has 0 aliphatic rings. The summed E-state index contributed by atoms with van der Waals surface area (Å²) in [6.07, 6.45) is 3.84. The maximum Gasteiger partial charge on any atom is 0.274 e. The Morgan fingerprint density at radius 2 is 1.83 bits per heavy atom. The van der Waals surface area contributed by atoms with Gasteiger partial charge in [-0.1, -0.05) is 69.7 Å². The molecule has 0 saturated heterocycles. The van der Waals surface area contributed by atoms with E-state index in [2.05, 4.69) is 20.9 Å². The fourth-order valence-electron chi connectivity index (χ4n) is 2.49. The summed E-state index contributed by atoms with van der Waals surface area (Å²) < 4.78 is 3.20. The molecule has 2 aromatic heterocycles. The number of fused-ring (bicyclic) bond motifs is 3. The van der Waals surface area contributed by atoms with E-state index in [1.165, 1.54) is 11.3 Å². The van der Waals surface area contributed by atoms with Crippen LogP contribution in [0.15, 0.2) is 63.9 Å². The number of imidazole rings is 1. The molecule has 4 aromatic rings. The van der Waals surface area contributed by atoms with Crippen molar-refractivity contribution < 1.29 is 0 Å². The van der Waals surface area contributed by atoms with Crippen LogP contribution in [-0.4, -0.2) is 9.38 Å². The third-order valence-corrected chi connectivity index (χ3v) is 4.94. The molecule has 0 spiro atoms. The molecule has 0 aliphatic heterocycles. The van der Waals surface area contributed by atoms with Gasteiger partial charge in [-0.25, -0.2) is 9.38 Å². The van der Waals surface area contributed by atoms with Crippen LogP contribution in [-0.2, 0) is 0 Å². The Labute approximate surface area is 144 Å². The molecule has 3 nitrogen and oxygen atoms in total. The van der Waals surface area contributed by atoms with Gasteiger partial charge in [-0.2, -0.15) is 0 Å². The van der Waals surface area contributed by atoms with Gasteiger partial charge < -0.3 is 0 Å². The number of nitrogens with zero attached hydrogens (tertiary/aromatic N) is 2. The van der Waals surface area contributed by atoms with Gasteiger partial charge >= 0.3 is 0 Å². The van der Waals surface area contributed by atoms with Crippen LogP contribution in [0, 0.1) is 0 Å². The van der Waals surface area contributed by atoms with E-state index in [1.807, 2.05) is 66.7 Å². The van der Waals surface area contributed by atoms with Gasteiger partial charge in [0.1, 0.15) is 0 Å². The molecule has 112 valence electrons. The number of halogens is 1. The zero-order valence-corrected chi connectivity index (χ0v) is 14.3. The van der Waals surface area contributed by atoms with E-state index in [1.54, 1.807) is 4.40 Å².